The first kappa shape index (κ1) is 22.4. The minimum absolute atomic E-state index is 0.137. The molecule has 0 saturated carbocycles. The maximum absolute atomic E-state index is 5.91. The molecule has 0 bridgehead atoms. The second-order valence-electron chi connectivity index (χ2n) is 8.76. The Bertz CT molecular complexity index is 1260. The maximum Gasteiger partial charge on any atom is 0.229 e. The summed E-state index contributed by atoms with van der Waals surface area (Å²) in [7, 11) is 2.17. The normalized spacial score (nSPS) is 14.7. The highest BCUT2D eigenvalue weighted by atomic mass is 35.5. The lowest BCUT2D eigenvalue weighted by Gasteiger charge is -2.34. The van der Waals surface area contributed by atoms with Crippen molar-refractivity contribution in [1.82, 2.24) is 29.4 Å². The quantitative estimate of drug-likeness (QED) is 0.386. The molecular formula is C24H28ClN9. The van der Waals surface area contributed by atoms with Crippen LogP contribution in [-0.2, 0) is 0 Å². The molecule has 176 valence electrons. The number of nitrogens with zero attached hydrogens (tertiary/aromatic N) is 7. The molecule has 3 aromatic heterocycles. The Morgan fingerprint density at radius 3 is 2.26 bits per heavy atom. The number of rotatable bonds is 6. The first-order chi connectivity index (χ1) is 16.5. The number of likely N-dealkylation sites (N-methyl/N-ethyl adjacent to an activating group) is 1. The molecule has 34 heavy (non-hydrogen) atoms. The second-order valence-corrected chi connectivity index (χ2v) is 9.15. The molecule has 9 nitrogen and oxygen atoms in total. The molecule has 1 fully saturated rings. The van der Waals surface area contributed by atoms with Crippen molar-refractivity contribution in [3.05, 3.63) is 53.9 Å². The lowest BCUT2D eigenvalue weighted by atomic mass is 10.2. The lowest BCUT2D eigenvalue weighted by molar-refractivity contribution is 0.313. The van der Waals surface area contributed by atoms with Crippen molar-refractivity contribution in [2.45, 2.75) is 19.9 Å². The molecule has 2 N–H and O–H groups in total. The first-order valence-corrected chi connectivity index (χ1v) is 11.8. The molecule has 4 heterocycles. The van der Waals surface area contributed by atoms with Crippen LogP contribution in [-0.4, -0.2) is 62.6 Å². The molecule has 1 aliphatic heterocycles. The number of imidazole rings is 1. The fourth-order valence-corrected chi connectivity index (χ4v) is 4.17. The molecule has 0 unspecified atom stereocenters. The highest BCUT2D eigenvalue weighted by molar-refractivity contribution is 6.29. The number of hydrogen-bond donors (Lipinski definition) is 2. The molecule has 1 aromatic carbocycles. The summed E-state index contributed by atoms with van der Waals surface area (Å²) in [4.78, 5) is 22.9. The molecular weight excluding hydrogens is 450 g/mol. The Morgan fingerprint density at radius 1 is 0.853 bits per heavy atom. The topological polar surface area (TPSA) is 87.0 Å². The Hall–Kier alpha value is -3.43. The molecule has 4 aromatic rings. The predicted octanol–water partition coefficient (Wildman–Crippen LogP) is 4.69. The van der Waals surface area contributed by atoms with Crippen LogP contribution >= 0.6 is 11.6 Å². The average Bonchev–Trinajstić information content (AvgIpc) is 3.19. The van der Waals surface area contributed by atoms with E-state index in [1.54, 1.807) is 18.5 Å². The van der Waals surface area contributed by atoms with Crippen molar-refractivity contribution in [3.63, 3.8) is 0 Å². The molecule has 10 heteroatoms. The van der Waals surface area contributed by atoms with Gasteiger partial charge in [0.1, 0.15) is 10.7 Å². The van der Waals surface area contributed by atoms with Crippen LogP contribution in [0.3, 0.4) is 0 Å². The van der Waals surface area contributed by atoms with E-state index in [9.17, 15) is 0 Å². The van der Waals surface area contributed by atoms with E-state index in [2.05, 4.69) is 75.6 Å². The molecule has 1 saturated heterocycles. The number of fused-ring (bicyclic) bond motifs is 1. The number of benzene rings is 1. The average molecular weight is 478 g/mol. The summed E-state index contributed by atoms with van der Waals surface area (Å²) in [6.07, 6.45) is 3.42. The highest BCUT2D eigenvalue weighted by Crippen LogP contribution is 2.27. The zero-order valence-electron chi connectivity index (χ0n) is 19.5. The van der Waals surface area contributed by atoms with E-state index in [0.29, 0.717) is 22.6 Å². The Morgan fingerprint density at radius 2 is 1.59 bits per heavy atom. The van der Waals surface area contributed by atoms with Crippen LogP contribution in [0, 0.1) is 0 Å². The number of anilines is 5. The van der Waals surface area contributed by atoms with E-state index in [1.807, 2.05) is 10.6 Å². The molecule has 5 rings (SSSR count). The molecule has 0 aliphatic carbocycles. The van der Waals surface area contributed by atoms with Crippen molar-refractivity contribution in [2.24, 2.45) is 0 Å². The highest BCUT2D eigenvalue weighted by Gasteiger charge is 2.17. The van der Waals surface area contributed by atoms with Crippen LogP contribution in [0.4, 0.5) is 29.0 Å². The Labute approximate surface area is 203 Å². The number of pyridine rings is 1. The van der Waals surface area contributed by atoms with Gasteiger partial charge in [-0.1, -0.05) is 11.6 Å². The van der Waals surface area contributed by atoms with Crippen molar-refractivity contribution >= 4 is 51.7 Å². The Kier molecular flexibility index (Phi) is 6.21. The van der Waals surface area contributed by atoms with Gasteiger partial charge < -0.3 is 20.4 Å². The van der Waals surface area contributed by atoms with Gasteiger partial charge in [0.05, 0.1) is 18.1 Å². The number of hydrogen-bond acceptors (Lipinski definition) is 8. The molecule has 0 atom stereocenters. The third-order valence-electron chi connectivity index (χ3n) is 5.92. The van der Waals surface area contributed by atoms with Gasteiger partial charge in [0, 0.05) is 43.6 Å². The summed E-state index contributed by atoms with van der Waals surface area (Å²) < 4.78 is 2.05. The van der Waals surface area contributed by atoms with Crippen LogP contribution < -0.4 is 15.5 Å². The summed E-state index contributed by atoms with van der Waals surface area (Å²) in [5.41, 5.74) is 4.45. The van der Waals surface area contributed by atoms with E-state index in [1.165, 1.54) is 5.69 Å². The minimum Gasteiger partial charge on any atom is -0.369 e. The third kappa shape index (κ3) is 4.76. The van der Waals surface area contributed by atoms with Crippen molar-refractivity contribution in [2.75, 3.05) is 48.8 Å². The van der Waals surface area contributed by atoms with Gasteiger partial charge in [-0.05, 0) is 57.3 Å². The van der Waals surface area contributed by atoms with Crippen molar-refractivity contribution in [1.29, 1.82) is 0 Å². The third-order valence-corrected chi connectivity index (χ3v) is 6.15. The SMILES string of the molecule is CC(C)n1c(Nc2ccc(Cl)nc2)nc2cnc(Nc3ccc(N4CCN(C)CC4)cc3)nc21. The van der Waals surface area contributed by atoms with Gasteiger partial charge in [-0.3, -0.25) is 4.57 Å². The monoisotopic (exact) mass is 477 g/mol. The lowest BCUT2D eigenvalue weighted by Crippen LogP contribution is -2.44. The summed E-state index contributed by atoms with van der Waals surface area (Å²) in [6, 6.07) is 12.2. The zero-order chi connectivity index (χ0) is 23.7. The largest absolute Gasteiger partial charge is 0.369 e. The molecule has 0 radical (unpaired) electrons. The fourth-order valence-electron chi connectivity index (χ4n) is 4.06. The summed E-state index contributed by atoms with van der Waals surface area (Å²) in [5, 5.41) is 7.09. The van der Waals surface area contributed by atoms with Crippen LogP contribution in [0.2, 0.25) is 5.15 Å². The van der Waals surface area contributed by atoms with Crippen molar-refractivity contribution < 1.29 is 0 Å². The van der Waals surface area contributed by atoms with Crippen LogP contribution in [0.15, 0.2) is 48.8 Å². The van der Waals surface area contributed by atoms with Crippen molar-refractivity contribution in [3.8, 4) is 0 Å². The molecule has 1 aliphatic rings. The van der Waals surface area contributed by atoms with Gasteiger partial charge in [-0.25, -0.2) is 15.0 Å². The van der Waals surface area contributed by atoms with Gasteiger partial charge in [0.2, 0.25) is 11.9 Å². The summed E-state index contributed by atoms with van der Waals surface area (Å²) in [5.74, 6) is 1.21. The smallest absolute Gasteiger partial charge is 0.229 e. The van der Waals surface area contributed by atoms with Crippen LogP contribution in [0.1, 0.15) is 19.9 Å². The summed E-state index contributed by atoms with van der Waals surface area (Å²) >= 11 is 5.91. The van der Waals surface area contributed by atoms with Gasteiger partial charge in [-0.2, -0.15) is 4.98 Å². The van der Waals surface area contributed by atoms with E-state index >= 15 is 0 Å². The standard InChI is InChI=1S/C24H28ClN9/c1-16(2)34-22-20(30-24(34)29-18-6-9-21(25)26-14-18)15-27-23(31-22)28-17-4-7-19(8-5-17)33-12-10-32(3)11-13-33/h4-9,14-16H,10-13H2,1-3H3,(H,29,30)(H,27,28,31). The zero-order valence-corrected chi connectivity index (χ0v) is 20.3. The molecule has 0 spiro atoms. The van der Waals surface area contributed by atoms with E-state index in [0.717, 1.165) is 43.2 Å². The number of halogens is 1. The summed E-state index contributed by atoms with van der Waals surface area (Å²) in [6.45, 7) is 8.46. The maximum atomic E-state index is 5.91. The first-order valence-electron chi connectivity index (χ1n) is 11.4. The number of nitrogens with one attached hydrogen (secondary N) is 2. The Balaban J connectivity index is 1.37. The number of aromatic nitrogens is 5. The van der Waals surface area contributed by atoms with Gasteiger partial charge in [0.25, 0.3) is 0 Å². The van der Waals surface area contributed by atoms with E-state index in [-0.39, 0.29) is 6.04 Å². The predicted molar refractivity (Wildman–Crippen MR) is 138 cm³/mol. The second kappa shape index (κ2) is 9.44. The van der Waals surface area contributed by atoms with Crippen LogP contribution in [0.25, 0.3) is 11.2 Å². The minimum atomic E-state index is 0.137. The van der Waals surface area contributed by atoms with E-state index < -0.39 is 0 Å². The van der Waals surface area contributed by atoms with Crippen LogP contribution in [0.5, 0.6) is 0 Å². The fraction of sp³-hybridized carbons (Fsp3) is 0.333. The van der Waals surface area contributed by atoms with E-state index in [4.69, 9.17) is 21.6 Å². The van der Waals surface area contributed by atoms with Gasteiger partial charge in [-0.15, -0.1) is 0 Å². The van der Waals surface area contributed by atoms with Gasteiger partial charge in [0.15, 0.2) is 5.65 Å². The van der Waals surface area contributed by atoms with Gasteiger partial charge >= 0.3 is 0 Å². The number of piperazine rings is 1. The molecule has 0 amide bonds.